The number of rotatable bonds is 6. The molecule has 1 heterocycles. The predicted molar refractivity (Wildman–Crippen MR) is 86.2 cm³/mol. The summed E-state index contributed by atoms with van der Waals surface area (Å²) in [7, 11) is 1.45. The molecule has 1 N–H and O–H groups in total. The highest BCUT2D eigenvalue weighted by Gasteiger charge is 2.08. The Balaban J connectivity index is 1.86. The molecular formula is C17H24N2O3. The van der Waals surface area contributed by atoms with E-state index in [1.165, 1.54) is 38.0 Å². The van der Waals surface area contributed by atoms with Crippen LogP contribution in [0.1, 0.15) is 37.8 Å². The van der Waals surface area contributed by atoms with E-state index in [1.807, 2.05) is 0 Å². The van der Waals surface area contributed by atoms with Crippen LogP contribution in [0.3, 0.4) is 0 Å². The number of pyridine rings is 1. The molecule has 0 aliphatic heterocycles. The second kappa shape index (κ2) is 7.82. The first-order valence-electron chi connectivity index (χ1n) is 7.80. The molecule has 1 aliphatic carbocycles. The molecule has 0 fully saturated rings. The molecule has 1 aromatic heterocycles. The van der Waals surface area contributed by atoms with Crippen molar-refractivity contribution in [1.29, 1.82) is 0 Å². The summed E-state index contributed by atoms with van der Waals surface area (Å²) in [5.74, 6) is 0.205. The molecule has 0 radical (unpaired) electrons. The van der Waals surface area contributed by atoms with Crippen molar-refractivity contribution in [2.45, 2.75) is 45.6 Å². The van der Waals surface area contributed by atoms with E-state index in [0.717, 1.165) is 18.5 Å². The second-order valence-electron chi connectivity index (χ2n) is 5.68. The van der Waals surface area contributed by atoms with Crippen molar-refractivity contribution in [3.8, 4) is 5.75 Å². The van der Waals surface area contributed by atoms with Crippen LogP contribution in [0.15, 0.2) is 28.7 Å². The predicted octanol–water partition coefficient (Wildman–Crippen LogP) is 2.17. The van der Waals surface area contributed by atoms with E-state index in [9.17, 15) is 9.59 Å². The van der Waals surface area contributed by atoms with Gasteiger partial charge in [0, 0.05) is 18.3 Å². The number of methoxy groups -OCH3 is 1. The minimum atomic E-state index is -0.166. The van der Waals surface area contributed by atoms with E-state index in [1.54, 1.807) is 17.7 Å². The number of allylic oxidation sites excluding steroid dienone is 1. The SMILES string of the molecule is COc1cn(CC(=O)NCCC2=CCCCC2)c(C)cc1=O. The topological polar surface area (TPSA) is 60.3 Å². The first-order chi connectivity index (χ1) is 10.6. The Bertz CT molecular complexity index is 617. The third-order valence-electron chi connectivity index (χ3n) is 4.00. The van der Waals surface area contributed by atoms with Gasteiger partial charge in [-0.2, -0.15) is 0 Å². The lowest BCUT2D eigenvalue weighted by molar-refractivity contribution is -0.121. The van der Waals surface area contributed by atoms with Gasteiger partial charge in [0.1, 0.15) is 6.54 Å². The number of hydrogen-bond donors (Lipinski definition) is 1. The van der Waals surface area contributed by atoms with Gasteiger partial charge in [0.25, 0.3) is 0 Å². The number of ether oxygens (including phenoxy) is 1. The van der Waals surface area contributed by atoms with Crippen molar-refractivity contribution in [1.82, 2.24) is 9.88 Å². The van der Waals surface area contributed by atoms with Crippen LogP contribution in [-0.2, 0) is 11.3 Å². The Kier molecular flexibility index (Phi) is 5.81. The fraction of sp³-hybridized carbons (Fsp3) is 0.529. The molecule has 1 amide bonds. The third kappa shape index (κ3) is 4.48. The molecule has 5 nitrogen and oxygen atoms in total. The number of nitrogens with one attached hydrogen (secondary N) is 1. The fourth-order valence-corrected chi connectivity index (χ4v) is 2.68. The van der Waals surface area contributed by atoms with E-state index in [2.05, 4.69) is 11.4 Å². The summed E-state index contributed by atoms with van der Waals surface area (Å²) < 4.78 is 6.74. The van der Waals surface area contributed by atoms with E-state index in [0.29, 0.717) is 6.54 Å². The van der Waals surface area contributed by atoms with Crippen molar-refractivity contribution in [3.05, 3.63) is 39.8 Å². The van der Waals surface area contributed by atoms with Crippen LogP contribution in [0.5, 0.6) is 5.75 Å². The molecule has 0 saturated carbocycles. The first kappa shape index (κ1) is 16.3. The Morgan fingerprint density at radius 1 is 1.41 bits per heavy atom. The minimum absolute atomic E-state index is 0.0507. The van der Waals surface area contributed by atoms with Gasteiger partial charge in [-0.3, -0.25) is 9.59 Å². The average Bonchev–Trinajstić information content (AvgIpc) is 2.51. The Hall–Kier alpha value is -2.04. The van der Waals surface area contributed by atoms with Crippen LogP contribution in [0.4, 0.5) is 0 Å². The van der Waals surface area contributed by atoms with Crippen LogP contribution in [0, 0.1) is 6.92 Å². The standard InChI is InChI=1S/C17H24N2O3/c1-13-10-15(20)16(22-2)11-19(13)12-17(21)18-9-8-14-6-4-3-5-7-14/h6,10-11H,3-5,7-9,12H2,1-2H3,(H,18,21). The molecule has 0 saturated heterocycles. The summed E-state index contributed by atoms with van der Waals surface area (Å²) >= 11 is 0. The first-order valence-corrected chi connectivity index (χ1v) is 7.80. The maximum atomic E-state index is 12.0. The molecule has 0 atom stereocenters. The maximum absolute atomic E-state index is 12.0. The third-order valence-corrected chi connectivity index (χ3v) is 4.00. The lowest BCUT2D eigenvalue weighted by atomic mass is 9.97. The number of aryl methyl sites for hydroxylation is 1. The van der Waals surface area contributed by atoms with Crippen molar-refractivity contribution >= 4 is 5.91 Å². The lowest BCUT2D eigenvalue weighted by Gasteiger charge is -2.14. The number of aromatic nitrogens is 1. The maximum Gasteiger partial charge on any atom is 0.239 e. The Morgan fingerprint density at radius 3 is 2.91 bits per heavy atom. The molecule has 2 rings (SSSR count). The minimum Gasteiger partial charge on any atom is -0.491 e. The van der Waals surface area contributed by atoms with Gasteiger partial charge in [0.15, 0.2) is 5.75 Å². The molecule has 5 heteroatoms. The van der Waals surface area contributed by atoms with E-state index >= 15 is 0 Å². The van der Waals surface area contributed by atoms with Gasteiger partial charge in [-0.05, 0) is 39.0 Å². The Labute approximate surface area is 131 Å². The largest absolute Gasteiger partial charge is 0.491 e. The number of nitrogens with zero attached hydrogens (tertiary/aromatic N) is 1. The number of hydrogen-bond acceptors (Lipinski definition) is 3. The van der Waals surface area contributed by atoms with Crippen LogP contribution in [0.2, 0.25) is 0 Å². The van der Waals surface area contributed by atoms with Gasteiger partial charge in [-0.1, -0.05) is 11.6 Å². The zero-order valence-electron chi connectivity index (χ0n) is 13.4. The Morgan fingerprint density at radius 2 is 2.23 bits per heavy atom. The van der Waals surface area contributed by atoms with E-state index < -0.39 is 0 Å². The average molecular weight is 304 g/mol. The summed E-state index contributed by atoms with van der Waals surface area (Å²) in [5, 5.41) is 2.94. The summed E-state index contributed by atoms with van der Waals surface area (Å²) in [6.45, 7) is 2.67. The normalized spacial score (nSPS) is 14.4. The van der Waals surface area contributed by atoms with Crippen LogP contribution in [-0.4, -0.2) is 24.1 Å². The molecule has 0 bridgehead atoms. The summed E-state index contributed by atoms with van der Waals surface area (Å²) in [4.78, 5) is 23.6. The summed E-state index contributed by atoms with van der Waals surface area (Å²) in [6.07, 6.45) is 9.68. The quantitative estimate of drug-likeness (QED) is 0.819. The van der Waals surface area contributed by atoms with Gasteiger partial charge >= 0.3 is 0 Å². The molecule has 120 valence electrons. The van der Waals surface area contributed by atoms with Crippen molar-refractivity contribution in [3.63, 3.8) is 0 Å². The van der Waals surface area contributed by atoms with Gasteiger partial charge in [0.2, 0.25) is 11.3 Å². The number of amides is 1. The van der Waals surface area contributed by atoms with Gasteiger partial charge in [-0.25, -0.2) is 0 Å². The fourth-order valence-electron chi connectivity index (χ4n) is 2.68. The molecule has 1 aliphatic rings. The van der Waals surface area contributed by atoms with Gasteiger partial charge in [0.05, 0.1) is 13.3 Å². The van der Waals surface area contributed by atoms with E-state index in [4.69, 9.17) is 4.74 Å². The van der Waals surface area contributed by atoms with Crippen molar-refractivity contribution < 1.29 is 9.53 Å². The summed E-state index contributed by atoms with van der Waals surface area (Å²) in [5.41, 5.74) is 2.03. The van der Waals surface area contributed by atoms with Crippen molar-refractivity contribution in [2.75, 3.05) is 13.7 Å². The molecule has 1 aromatic rings. The van der Waals surface area contributed by atoms with Crippen LogP contribution < -0.4 is 15.5 Å². The highest BCUT2D eigenvalue weighted by Crippen LogP contribution is 2.19. The zero-order valence-corrected chi connectivity index (χ0v) is 13.4. The number of carbonyl (C=O) groups excluding carboxylic acids is 1. The highest BCUT2D eigenvalue weighted by atomic mass is 16.5. The van der Waals surface area contributed by atoms with Crippen molar-refractivity contribution in [2.24, 2.45) is 0 Å². The van der Waals surface area contributed by atoms with Crippen LogP contribution in [0.25, 0.3) is 0 Å². The van der Waals surface area contributed by atoms with E-state index in [-0.39, 0.29) is 23.6 Å². The smallest absolute Gasteiger partial charge is 0.239 e. The molecule has 22 heavy (non-hydrogen) atoms. The monoisotopic (exact) mass is 304 g/mol. The highest BCUT2D eigenvalue weighted by molar-refractivity contribution is 5.75. The molecule has 0 unspecified atom stereocenters. The van der Waals surface area contributed by atoms with Crippen LogP contribution >= 0.6 is 0 Å². The van der Waals surface area contributed by atoms with Gasteiger partial charge < -0.3 is 14.6 Å². The molecular weight excluding hydrogens is 280 g/mol. The summed E-state index contributed by atoms with van der Waals surface area (Å²) in [6, 6.07) is 1.49. The number of carbonyl (C=O) groups is 1. The second-order valence-corrected chi connectivity index (χ2v) is 5.68. The zero-order chi connectivity index (χ0) is 15.9. The van der Waals surface area contributed by atoms with Gasteiger partial charge in [-0.15, -0.1) is 0 Å². The molecule has 0 spiro atoms. The lowest BCUT2D eigenvalue weighted by Crippen LogP contribution is -2.29. The molecule has 0 aromatic carbocycles.